The summed E-state index contributed by atoms with van der Waals surface area (Å²) in [4.78, 5) is 12.0. The number of benzene rings is 2. The second-order valence-corrected chi connectivity index (χ2v) is 4.68. The third-order valence-electron chi connectivity index (χ3n) is 3.17. The van der Waals surface area contributed by atoms with Crippen molar-refractivity contribution >= 4 is 5.91 Å². The number of carbonyl (C=O) groups excluding carboxylic acids is 1. The summed E-state index contributed by atoms with van der Waals surface area (Å²) in [6.07, 6.45) is 0. The van der Waals surface area contributed by atoms with Gasteiger partial charge in [-0.25, -0.2) is 0 Å². The minimum atomic E-state index is -0.194. The Hall–Kier alpha value is -2.80. The van der Waals surface area contributed by atoms with E-state index in [4.69, 9.17) is 10.00 Å². The molecule has 2 aromatic rings. The number of aryl methyl sites for hydroxylation is 1. The Balaban J connectivity index is 2.04. The highest BCUT2D eigenvalue weighted by molar-refractivity contribution is 5.94. The van der Waals surface area contributed by atoms with Gasteiger partial charge in [-0.15, -0.1) is 0 Å². The van der Waals surface area contributed by atoms with Crippen LogP contribution in [-0.2, 0) is 6.54 Å². The van der Waals surface area contributed by atoms with Gasteiger partial charge in [-0.3, -0.25) is 4.79 Å². The molecule has 0 unspecified atom stereocenters. The first-order valence-electron chi connectivity index (χ1n) is 6.56. The molecule has 0 aliphatic carbocycles. The second-order valence-electron chi connectivity index (χ2n) is 4.68. The first-order chi connectivity index (χ1) is 10.1. The van der Waals surface area contributed by atoms with Crippen LogP contribution in [0.2, 0.25) is 0 Å². The second kappa shape index (κ2) is 6.58. The number of hydrogen-bond donors (Lipinski definition) is 1. The molecular weight excluding hydrogens is 264 g/mol. The lowest BCUT2D eigenvalue weighted by atomic mass is 10.1. The van der Waals surface area contributed by atoms with Crippen LogP contribution in [0.4, 0.5) is 0 Å². The number of amides is 1. The molecule has 2 aromatic carbocycles. The van der Waals surface area contributed by atoms with Crippen molar-refractivity contribution in [2.24, 2.45) is 0 Å². The Morgan fingerprint density at radius 1 is 1.29 bits per heavy atom. The molecule has 106 valence electrons. The number of nitrogens with zero attached hydrogens (tertiary/aromatic N) is 1. The van der Waals surface area contributed by atoms with Gasteiger partial charge >= 0.3 is 0 Å². The molecule has 0 saturated heterocycles. The van der Waals surface area contributed by atoms with Crippen LogP contribution in [0, 0.1) is 18.3 Å². The van der Waals surface area contributed by atoms with E-state index < -0.39 is 0 Å². The van der Waals surface area contributed by atoms with Gasteiger partial charge in [-0.1, -0.05) is 18.2 Å². The number of nitriles is 1. The number of ether oxygens (including phenoxy) is 1. The van der Waals surface area contributed by atoms with Crippen LogP contribution in [0.1, 0.15) is 27.0 Å². The third-order valence-corrected chi connectivity index (χ3v) is 3.17. The molecule has 0 radical (unpaired) electrons. The predicted octanol–water partition coefficient (Wildman–Crippen LogP) is 2.81. The van der Waals surface area contributed by atoms with E-state index in [1.54, 1.807) is 31.4 Å². The lowest BCUT2D eigenvalue weighted by Gasteiger charge is -2.09. The van der Waals surface area contributed by atoms with Crippen molar-refractivity contribution < 1.29 is 9.53 Å². The van der Waals surface area contributed by atoms with Crippen LogP contribution in [0.15, 0.2) is 42.5 Å². The summed E-state index contributed by atoms with van der Waals surface area (Å²) in [5.41, 5.74) is 2.98. The Labute approximate surface area is 124 Å². The Kier molecular flexibility index (Phi) is 4.57. The van der Waals surface area contributed by atoms with Crippen molar-refractivity contribution in [1.29, 1.82) is 5.26 Å². The van der Waals surface area contributed by atoms with Crippen molar-refractivity contribution in [3.8, 4) is 11.8 Å². The van der Waals surface area contributed by atoms with E-state index in [2.05, 4.69) is 5.32 Å². The maximum Gasteiger partial charge on any atom is 0.251 e. The minimum absolute atomic E-state index is 0.194. The molecule has 1 N–H and O–H groups in total. The molecule has 0 bridgehead atoms. The normalized spacial score (nSPS) is 9.76. The summed E-state index contributed by atoms with van der Waals surface area (Å²) < 4.78 is 5.20. The van der Waals surface area contributed by atoms with Gasteiger partial charge in [0.15, 0.2) is 0 Å². The van der Waals surface area contributed by atoms with Gasteiger partial charge in [-0.05, 0) is 42.3 Å². The van der Waals surface area contributed by atoms with Gasteiger partial charge in [-0.2, -0.15) is 5.26 Å². The fourth-order valence-electron chi connectivity index (χ4n) is 2.06. The molecule has 0 spiro atoms. The van der Waals surface area contributed by atoms with Crippen molar-refractivity contribution in [1.82, 2.24) is 5.32 Å². The van der Waals surface area contributed by atoms with Crippen LogP contribution in [0.5, 0.6) is 5.75 Å². The molecule has 0 atom stereocenters. The van der Waals surface area contributed by atoms with E-state index in [1.165, 1.54) is 0 Å². The van der Waals surface area contributed by atoms with Crippen molar-refractivity contribution in [2.45, 2.75) is 13.5 Å². The summed E-state index contributed by atoms with van der Waals surface area (Å²) in [7, 11) is 1.63. The molecule has 0 saturated carbocycles. The van der Waals surface area contributed by atoms with E-state index in [1.807, 2.05) is 31.2 Å². The lowest BCUT2D eigenvalue weighted by Crippen LogP contribution is -2.22. The molecule has 0 aromatic heterocycles. The highest BCUT2D eigenvalue weighted by Gasteiger charge is 2.06. The van der Waals surface area contributed by atoms with Gasteiger partial charge in [0.1, 0.15) is 5.75 Å². The molecule has 1 amide bonds. The van der Waals surface area contributed by atoms with Crippen LogP contribution in [0.3, 0.4) is 0 Å². The first kappa shape index (κ1) is 14.6. The molecule has 4 nitrogen and oxygen atoms in total. The van der Waals surface area contributed by atoms with E-state index >= 15 is 0 Å². The zero-order chi connectivity index (χ0) is 15.2. The fourth-order valence-corrected chi connectivity index (χ4v) is 2.06. The SMILES string of the molecule is COc1ccc(CNC(=O)c2cccc(C#N)c2)cc1C. The highest BCUT2D eigenvalue weighted by atomic mass is 16.5. The third kappa shape index (κ3) is 3.61. The smallest absolute Gasteiger partial charge is 0.251 e. The average molecular weight is 280 g/mol. The van der Waals surface area contributed by atoms with Crippen LogP contribution in [0.25, 0.3) is 0 Å². The molecule has 0 aliphatic heterocycles. The largest absolute Gasteiger partial charge is 0.496 e. The van der Waals surface area contributed by atoms with Gasteiger partial charge < -0.3 is 10.1 Å². The molecule has 0 aliphatic rings. The summed E-state index contributed by atoms with van der Waals surface area (Å²) >= 11 is 0. The Morgan fingerprint density at radius 3 is 2.76 bits per heavy atom. The maximum atomic E-state index is 12.0. The minimum Gasteiger partial charge on any atom is -0.496 e. The Morgan fingerprint density at radius 2 is 2.10 bits per heavy atom. The zero-order valence-corrected chi connectivity index (χ0v) is 12.0. The Bertz CT molecular complexity index is 702. The topological polar surface area (TPSA) is 62.1 Å². The number of methoxy groups -OCH3 is 1. The average Bonchev–Trinajstić information content (AvgIpc) is 2.52. The highest BCUT2D eigenvalue weighted by Crippen LogP contribution is 2.18. The fraction of sp³-hybridized carbons (Fsp3) is 0.176. The summed E-state index contributed by atoms with van der Waals surface area (Å²) in [5, 5.41) is 11.7. The lowest BCUT2D eigenvalue weighted by molar-refractivity contribution is 0.0951. The molecule has 0 heterocycles. The zero-order valence-electron chi connectivity index (χ0n) is 12.0. The first-order valence-corrected chi connectivity index (χ1v) is 6.56. The molecule has 21 heavy (non-hydrogen) atoms. The summed E-state index contributed by atoms with van der Waals surface area (Å²) in [5.74, 6) is 0.632. The molecule has 2 rings (SSSR count). The quantitative estimate of drug-likeness (QED) is 0.936. The number of carbonyl (C=O) groups is 1. The monoisotopic (exact) mass is 280 g/mol. The van der Waals surface area contributed by atoms with Crippen molar-refractivity contribution in [2.75, 3.05) is 7.11 Å². The summed E-state index contributed by atoms with van der Waals surface area (Å²) in [6.45, 7) is 2.39. The van der Waals surface area contributed by atoms with Gasteiger partial charge in [0, 0.05) is 12.1 Å². The van der Waals surface area contributed by atoms with E-state index in [0.29, 0.717) is 17.7 Å². The number of hydrogen-bond acceptors (Lipinski definition) is 3. The van der Waals surface area contributed by atoms with Crippen molar-refractivity contribution in [3.63, 3.8) is 0 Å². The molecule has 0 fully saturated rings. The van der Waals surface area contributed by atoms with E-state index in [9.17, 15) is 4.79 Å². The van der Waals surface area contributed by atoms with Crippen molar-refractivity contribution in [3.05, 3.63) is 64.7 Å². The van der Waals surface area contributed by atoms with Crippen LogP contribution >= 0.6 is 0 Å². The standard InChI is InChI=1S/C17H16N2O2/c1-12-8-14(6-7-16(12)21-2)11-19-17(20)15-5-3-4-13(9-15)10-18/h3-9H,11H2,1-2H3,(H,19,20). The van der Waals surface area contributed by atoms with E-state index in [-0.39, 0.29) is 5.91 Å². The van der Waals surface area contributed by atoms with Gasteiger partial charge in [0.05, 0.1) is 18.7 Å². The van der Waals surface area contributed by atoms with Gasteiger partial charge in [0.25, 0.3) is 5.91 Å². The van der Waals surface area contributed by atoms with Gasteiger partial charge in [0.2, 0.25) is 0 Å². The molecule has 4 heteroatoms. The van der Waals surface area contributed by atoms with Crippen LogP contribution < -0.4 is 10.1 Å². The maximum absolute atomic E-state index is 12.0. The van der Waals surface area contributed by atoms with E-state index in [0.717, 1.165) is 16.9 Å². The van der Waals surface area contributed by atoms with Crippen LogP contribution in [-0.4, -0.2) is 13.0 Å². The summed E-state index contributed by atoms with van der Waals surface area (Å²) in [6, 6.07) is 14.4. The molecular formula is C17H16N2O2. The number of nitrogens with one attached hydrogen (secondary N) is 1. The predicted molar refractivity (Wildman–Crippen MR) is 80.1 cm³/mol. The number of rotatable bonds is 4.